The molecule has 1 aromatic carbocycles. The maximum Gasteiger partial charge on any atom is 0.147 e. The van der Waals surface area contributed by atoms with Crippen LogP contribution in [0.1, 0.15) is 33.1 Å². The molecule has 1 unspecified atom stereocenters. The first-order valence-corrected chi connectivity index (χ1v) is 7.52. The smallest absolute Gasteiger partial charge is 0.147 e. The summed E-state index contributed by atoms with van der Waals surface area (Å²) in [6.45, 7) is 3.78. The lowest BCUT2D eigenvalue weighted by Crippen LogP contribution is -2.08. The van der Waals surface area contributed by atoms with Gasteiger partial charge in [0.15, 0.2) is 0 Å². The van der Waals surface area contributed by atoms with Crippen LogP contribution in [0.2, 0.25) is 0 Å². The van der Waals surface area contributed by atoms with E-state index in [1.807, 2.05) is 13.8 Å². The molecule has 3 nitrogen and oxygen atoms in total. The first kappa shape index (κ1) is 15.6. The minimum Gasteiger partial charge on any atom is -0.396 e. The number of unbranched alkanes of at least 4 members (excludes halogenated alkanes) is 1. The summed E-state index contributed by atoms with van der Waals surface area (Å²) < 4.78 is 25.2. The molecule has 0 aliphatic rings. The van der Waals surface area contributed by atoms with Crippen molar-refractivity contribution in [2.24, 2.45) is 5.41 Å². The van der Waals surface area contributed by atoms with Gasteiger partial charge >= 0.3 is 0 Å². The van der Waals surface area contributed by atoms with Crippen molar-refractivity contribution in [2.45, 2.75) is 38.0 Å². The van der Waals surface area contributed by atoms with Crippen LogP contribution in [-0.4, -0.2) is 9.96 Å². The number of hydrogen-bond donors (Lipinski definition) is 1. The number of nitrogens with two attached hydrogens (primary N) is 1. The van der Waals surface area contributed by atoms with Crippen LogP contribution in [-0.2, 0) is 10.8 Å². The van der Waals surface area contributed by atoms with Crippen molar-refractivity contribution < 1.29 is 8.60 Å². The zero-order valence-electron chi connectivity index (χ0n) is 11.3. The van der Waals surface area contributed by atoms with Crippen molar-refractivity contribution in [2.75, 3.05) is 11.5 Å². The zero-order chi connectivity index (χ0) is 14.5. The number of nitrogen functional groups attached to an aromatic ring is 1. The molecule has 5 heteroatoms. The largest absolute Gasteiger partial charge is 0.396 e. The van der Waals surface area contributed by atoms with E-state index in [9.17, 15) is 8.60 Å². The van der Waals surface area contributed by atoms with Gasteiger partial charge in [0.2, 0.25) is 0 Å². The number of rotatable bonds is 6. The fourth-order valence-electron chi connectivity index (χ4n) is 1.62. The van der Waals surface area contributed by atoms with Crippen LogP contribution in [0.25, 0.3) is 0 Å². The summed E-state index contributed by atoms with van der Waals surface area (Å²) in [5, 5.41) is 8.87. The van der Waals surface area contributed by atoms with E-state index in [0.29, 0.717) is 10.6 Å². The SMILES string of the molecule is CC(C)(C#N)CCCCS(=O)c1ccc(N)c(F)c1. The molecule has 0 aliphatic heterocycles. The third-order valence-corrected chi connectivity index (χ3v) is 4.36. The maximum absolute atomic E-state index is 13.2. The number of anilines is 1. The van der Waals surface area contributed by atoms with E-state index < -0.39 is 16.6 Å². The van der Waals surface area contributed by atoms with Crippen molar-refractivity contribution in [3.63, 3.8) is 0 Å². The van der Waals surface area contributed by atoms with Gasteiger partial charge in [0, 0.05) is 10.6 Å². The van der Waals surface area contributed by atoms with E-state index in [1.54, 1.807) is 6.07 Å². The molecule has 1 atom stereocenters. The average Bonchev–Trinajstić information content (AvgIpc) is 2.37. The van der Waals surface area contributed by atoms with Gasteiger partial charge in [-0.3, -0.25) is 4.21 Å². The highest BCUT2D eigenvalue weighted by Crippen LogP contribution is 2.22. The van der Waals surface area contributed by atoms with Crippen LogP contribution in [0.3, 0.4) is 0 Å². The first-order chi connectivity index (χ1) is 8.85. The molecule has 19 heavy (non-hydrogen) atoms. The summed E-state index contributed by atoms with van der Waals surface area (Å²) in [7, 11) is -1.21. The first-order valence-electron chi connectivity index (χ1n) is 6.20. The molecule has 1 rings (SSSR count). The quantitative estimate of drug-likeness (QED) is 0.643. The second-order valence-electron chi connectivity index (χ2n) is 5.19. The Hall–Kier alpha value is -1.41. The van der Waals surface area contributed by atoms with Crippen molar-refractivity contribution in [1.29, 1.82) is 5.26 Å². The summed E-state index contributed by atoms with van der Waals surface area (Å²) in [5.41, 5.74) is 5.10. The van der Waals surface area contributed by atoms with Crippen LogP contribution < -0.4 is 5.73 Å². The normalized spacial score (nSPS) is 12.9. The summed E-state index contributed by atoms with van der Waals surface area (Å²) in [5.74, 6) is -0.0540. The Morgan fingerprint density at radius 1 is 1.42 bits per heavy atom. The lowest BCUT2D eigenvalue weighted by atomic mass is 9.89. The zero-order valence-corrected chi connectivity index (χ0v) is 12.1. The summed E-state index contributed by atoms with van der Waals surface area (Å²) in [6, 6.07) is 6.49. The molecule has 0 bridgehead atoms. The third kappa shape index (κ3) is 4.99. The number of halogens is 1. The van der Waals surface area contributed by atoms with Crippen LogP contribution in [0.5, 0.6) is 0 Å². The second-order valence-corrected chi connectivity index (χ2v) is 6.76. The molecule has 0 fully saturated rings. The van der Waals surface area contributed by atoms with Gasteiger partial charge in [-0.15, -0.1) is 0 Å². The third-order valence-electron chi connectivity index (χ3n) is 2.92. The van der Waals surface area contributed by atoms with Crippen molar-refractivity contribution in [3.8, 4) is 6.07 Å². The molecule has 104 valence electrons. The average molecular weight is 282 g/mol. The van der Waals surface area contributed by atoms with Crippen LogP contribution >= 0.6 is 0 Å². The molecule has 2 N–H and O–H groups in total. The molecular formula is C14H19FN2OS. The van der Waals surface area contributed by atoms with Gasteiger partial charge < -0.3 is 5.73 Å². The standard InChI is InChI=1S/C14H19FN2OS/c1-14(2,10-16)7-3-4-8-19(18)11-5-6-13(17)12(15)9-11/h5-6,9H,3-4,7-8,17H2,1-2H3. The Kier molecular flexibility index (Phi) is 5.49. The van der Waals surface area contributed by atoms with Gasteiger partial charge in [-0.05, 0) is 44.9 Å². The Morgan fingerprint density at radius 2 is 2.11 bits per heavy atom. The number of hydrogen-bond acceptors (Lipinski definition) is 3. The molecule has 0 spiro atoms. The van der Waals surface area contributed by atoms with E-state index in [4.69, 9.17) is 11.0 Å². The van der Waals surface area contributed by atoms with Gasteiger partial charge in [-0.1, -0.05) is 6.42 Å². The molecule has 1 aromatic rings. The number of nitrogens with zero attached hydrogens (tertiary/aromatic N) is 1. The minimum absolute atomic E-state index is 0.0662. The predicted octanol–water partition coefficient (Wildman–Crippen LogP) is 3.24. The van der Waals surface area contributed by atoms with Crippen molar-refractivity contribution in [3.05, 3.63) is 24.0 Å². The second kappa shape index (κ2) is 6.67. The summed E-state index contributed by atoms with van der Waals surface area (Å²) in [4.78, 5) is 0.464. The molecule has 0 saturated carbocycles. The molecule has 0 aromatic heterocycles. The Bertz CT molecular complexity index is 509. The van der Waals surface area contributed by atoms with Gasteiger partial charge in [0.05, 0.1) is 28.0 Å². The van der Waals surface area contributed by atoms with E-state index >= 15 is 0 Å². The molecule has 0 radical (unpaired) electrons. The van der Waals surface area contributed by atoms with Gasteiger partial charge in [0.1, 0.15) is 5.82 Å². The highest BCUT2D eigenvalue weighted by Gasteiger charge is 2.16. The molecule has 0 saturated heterocycles. The lowest BCUT2D eigenvalue weighted by molar-refractivity contribution is 0.432. The fourth-order valence-corrected chi connectivity index (χ4v) is 2.78. The van der Waals surface area contributed by atoms with Crippen LogP contribution in [0, 0.1) is 22.6 Å². The highest BCUT2D eigenvalue weighted by atomic mass is 32.2. The minimum atomic E-state index is -1.21. The molecule has 0 heterocycles. The topological polar surface area (TPSA) is 66.9 Å². The van der Waals surface area contributed by atoms with Gasteiger partial charge in [-0.25, -0.2) is 4.39 Å². The monoisotopic (exact) mass is 282 g/mol. The van der Waals surface area contributed by atoms with E-state index in [2.05, 4.69) is 6.07 Å². The van der Waals surface area contributed by atoms with Crippen LogP contribution in [0.4, 0.5) is 10.1 Å². The van der Waals surface area contributed by atoms with E-state index in [1.165, 1.54) is 12.1 Å². The Morgan fingerprint density at radius 3 is 2.68 bits per heavy atom. The van der Waals surface area contributed by atoms with Crippen molar-refractivity contribution >= 4 is 16.5 Å². The molecular weight excluding hydrogens is 263 g/mol. The Labute approximate surface area is 116 Å². The predicted molar refractivity (Wildman–Crippen MR) is 75.3 cm³/mol. The molecule has 0 aliphatic carbocycles. The Balaban J connectivity index is 2.44. The summed E-state index contributed by atoms with van der Waals surface area (Å²) >= 11 is 0. The maximum atomic E-state index is 13.2. The van der Waals surface area contributed by atoms with Gasteiger partial charge in [0.25, 0.3) is 0 Å². The number of benzene rings is 1. The number of nitriles is 1. The molecule has 0 amide bonds. The van der Waals surface area contributed by atoms with Crippen LogP contribution in [0.15, 0.2) is 23.1 Å². The fraction of sp³-hybridized carbons (Fsp3) is 0.500. The van der Waals surface area contributed by atoms with Crippen molar-refractivity contribution in [1.82, 2.24) is 0 Å². The van der Waals surface area contributed by atoms with Gasteiger partial charge in [-0.2, -0.15) is 5.26 Å². The lowest BCUT2D eigenvalue weighted by Gasteiger charge is -2.14. The highest BCUT2D eigenvalue weighted by molar-refractivity contribution is 7.85. The van der Waals surface area contributed by atoms with E-state index in [-0.39, 0.29) is 11.1 Å². The summed E-state index contributed by atoms with van der Waals surface area (Å²) in [6.07, 6.45) is 2.37. The van der Waals surface area contributed by atoms with E-state index in [0.717, 1.165) is 19.3 Å².